The molecule has 0 aliphatic heterocycles. The van der Waals surface area contributed by atoms with Gasteiger partial charge in [-0.15, -0.1) is 0 Å². The minimum atomic E-state index is -0.488. The first-order valence-corrected chi connectivity index (χ1v) is 8.52. The highest BCUT2D eigenvalue weighted by Crippen LogP contribution is 2.34. The van der Waals surface area contributed by atoms with E-state index < -0.39 is 5.54 Å². The lowest BCUT2D eigenvalue weighted by Gasteiger charge is -2.26. The van der Waals surface area contributed by atoms with Gasteiger partial charge in [-0.1, -0.05) is 24.3 Å². The number of nitrogens with one attached hydrogen (secondary N) is 2. The maximum absolute atomic E-state index is 12.4. The fourth-order valence-electron chi connectivity index (χ4n) is 2.33. The SMILES string of the molecule is CCOCC(C)(C)NC(=O)Nc1ccccc1Oc1ccccc1OC. The molecule has 0 fully saturated rings. The fourth-order valence-corrected chi connectivity index (χ4v) is 2.33. The number of hydrogen-bond donors (Lipinski definition) is 2. The van der Waals surface area contributed by atoms with Crippen molar-refractivity contribution in [3.05, 3.63) is 48.5 Å². The zero-order valence-corrected chi connectivity index (χ0v) is 15.7. The Hall–Kier alpha value is -2.73. The Morgan fingerprint density at radius 1 is 1.00 bits per heavy atom. The summed E-state index contributed by atoms with van der Waals surface area (Å²) in [6.07, 6.45) is 0. The zero-order valence-electron chi connectivity index (χ0n) is 15.7. The van der Waals surface area contributed by atoms with Crippen LogP contribution in [0.25, 0.3) is 0 Å². The number of ether oxygens (including phenoxy) is 3. The smallest absolute Gasteiger partial charge is 0.319 e. The monoisotopic (exact) mass is 358 g/mol. The standard InChI is InChI=1S/C20H26N2O4/c1-5-25-14-20(2,3)22-19(23)21-15-10-6-7-11-16(15)26-18-13-9-8-12-17(18)24-4/h6-13H,5,14H2,1-4H3,(H2,21,22,23). The van der Waals surface area contributed by atoms with Crippen molar-refractivity contribution < 1.29 is 19.0 Å². The molecule has 2 rings (SSSR count). The van der Waals surface area contributed by atoms with E-state index in [0.717, 1.165) is 0 Å². The van der Waals surface area contributed by atoms with Gasteiger partial charge in [0.05, 0.1) is 24.9 Å². The first-order chi connectivity index (χ1) is 12.4. The molecule has 2 amide bonds. The van der Waals surface area contributed by atoms with Crippen LogP contribution in [0, 0.1) is 0 Å². The third kappa shape index (κ3) is 5.67. The van der Waals surface area contributed by atoms with Gasteiger partial charge in [0.25, 0.3) is 0 Å². The first kappa shape index (κ1) is 19.6. The van der Waals surface area contributed by atoms with Crippen LogP contribution in [0.2, 0.25) is 0 Å². The third-order valence-corrected chi connectivity index (χ3v) is 3.54. The Balaban J connectivity index is 2.10. The third-order valence-electron chi connectivity index (χ3n) is 3.54. The molecule has 0 radical (unpaired) electrons. The number of amides is 2. The van der Waals surface area contributed by atoms with Gasteiger partial charge in [-0.25, -0.2) is 4.79 Å². The molecular weight excluding hydrogens is 332 g/mol. The number of urea groups is 1. The van der Waals surface area contributed by atoms with Crippen molar-refractivity contribution in [2.75, 3.05) is 25.6 Å². The highest BCUT2D eigenvalue weighted by atomic mass is 16.5. The van der Waals surface area contributed by atoms with Crippen LogP contribution < -0.4 is 20.1 Å². The summed E-state index contributed by atoms with van der Waals surface area (Å²) in [7, 11) is 1.58. The number of carbonyl (C=O) groups is 1. The van der Waals surface area contributed by atoms with Crippen LogP contribution in [-0.2, 0) is 4.74 Å². The lowest BCUT2D eigenvalue weighted by Crippen LogP contribution is -2.48. The predicted octanol–water partition coefficient (Wildman–Crippen LogP) is 4.42. The molecule has 6 nitrogen and oxygen atoms in total. The lowest BCUT2D eigenvalue weighted by atomic mass is 10.1. The van der Waals surface area contributed by atoms with E-state index in [1.54, 1.807) is 25.3 Å². The number of para-hydroxylation sites is 4. The number of carbonyl (C=O) groups excluding carboxylic acids is 1. The van der Waals surface area contributed by atoms with Crippen molar-refractivity contribution in [2.24, 2.45) is 0 Å². The topological polar surface area (TPSA) is 68.8 Å². The van der Waals surface area contributed by atoms with Crippen molar-refractivity contribution in [1.82, 2.24) is 5.32 Å². The number of benzene rings is 2. The summed E-state index contributed by atoms with van der Waals surface area (Å²) in [5.41, 5.74) is 0.0709. The Labute approximate surface area is 154 Å². The molecular formula is C20H26N2O4. The average molecular weight is 358 g/mol. The van der Waals surface area contributed by atoms with Gasteiger partial charge in [-0.3, -0.25) is 0 Å². The van der Waals surface area contributed by atoms with Crippen molar-refractivity contribution >= 4 is 11.7 Å². The molecule has 0 saturated heterocycles. The number of anilines is 1. The Morgan fingerprint density at radius 3 is 2.27 bits per heavy atom. The summed E-state index contributed by atoms with van der Waals surface area (Å²) >= 11 is 0. The van der Waals surface area contributed by atoms with Crippen LogP contribution in [0.15, 0.2) is 48.5 Å². The Kier molecular flexibility index (Phi) is 6.86. The minimum Gasteiger partial charge on any atom is -0.493 e. The van der Waals surface area contributed by atoms with Gasteiger partial charge in [0, 0.05) is 6.61 Å². The number of rotatable bonds is 8. The number of methoxy groups -OCH3 is 1. The van der Waals surface area contributed by atoms with E-state index in [0.29, 0.717) is 36.1 Å². The van der Waals surface area contributed by atoms with Gasteiger partial charge in [-0.05, 0) is 45.0 Å². The van der Waals surface area contributed by atoms with E-state index in [2.05, 4.69) is 10.6 Å². The second kappa shape index (κ2) is 9.10. The Morgan fingerprint density at radius 2 is 1.62 bits per heavy atom. The largest absolute Gasteiger partial charge is 0.493 e. The summed E-state index contributed by atoms with van der Waals surface area (Å²) in [5, 5.41) is 5.73. The van der Waals surface area contributed by atoms with Gasteiger partial charge >= 0.3 is 6.03 Å². The van der Waals surface area contributed by atoms with Crippen molar-refractivity contribution in [3.8, 4) is 17.2 Å². The lowest BCUT2D eigenvalue weighted by molar-refractivity contribution is 0.0964. The van der Waals surface area contributed by atoms with Crippen molar-refractivity contribution in [1.29, 1.82) is 0 Å². The molecule has 0 aliphatic carbocycles. The average Bonchev–Trinajstić information content (AvgIpc) is 2.61. The van der Waals surface area contributed by atoms with Crippen LogP contribution in [0.4, 0.5) is 10.5 Å². The summed E-state index contributed by atoms with van der Waals surface area (Å²) in [5.74, 6) is 1.71. The maximum atomic E-state index is 12.4. The summed E-state index contributed by atoms with van der Waals surface area (Å²) in [4.78, 5) is 12.4. The van der Waals surface area contributed by atoms with Crippen LogP contribution >= 0.6 is 0 Å². The van der Waals surface area contributed by atoms with E-state index >= 15 is 0 Å². The number of hydrogen-bond acceptors (Lipinski definition) is 4. The molecule has 0 heterocycles. The minimum absolute atomic E-state index is 0.328. The first-order valence-electron chi connectivity index (χ1n) is 8.52. The van der Waals surface area contributed by atoms with Crippen LogP contribution in [0.3, 0.4) is 0 Å². The van der Waals surface area contributed by atoms with Gasteiger partial charge in [0.15, 0.2) is 17.2 Å². The molecule has 0 spiro atoms. The van der Waals surface area contributed by atoms with E-state index in [9.17, 15) is 4.79 Å². The fraction of sp³-hybridized carbons (Fsp3) is 0.350. The summed E-state index contributed by atoms with van der Waals surface area (Å²) in [6.45, 7) is 6.75. The van der Waals surface area contributed by atoms with E-state index in [1.165, 1.54) is 0 Å². The molecule has 0 atom stereocenters. The highest BCUT2D eigenvalue weighted by molar-refractivity contribution is 5.91. The van der Waals surface area contributed by atoms with E-state index in [-0.39, 0.29) is 6.03 Å². The predicted molar refractivity (Wildman–Crippen MR) is 102 cm³/mol. The summed E-state index contributed by atoms with van der Waals surface area (Å²) < 4.78 is 16.6. The quantitative estimate of drug-likeness (QED) is 0.733. The van der Waals surface area contributed by atoms with Crippen LogP contribution in [-0.4, -0.2) is 31.9 Å². The Bertz CT molecular complexity index is 731. The van der Waals surface area contributed by atoms with E-state index in [4.69, 9.17) is 14.2 Å². The second-order valence-corrected chi connectivity index (χ2v) is 6.35. The zero-order chi connectivity index (χ0) is 19.0. The van der Waals surface area contributed by atoms with Gasteiger partial charge in [0.1, 0.15) is 0 Å². The van der Waals surface area contributed by atoms with Gasteiger partial charge in [-0.2, -0.15) is 0 Å². The molecule has 6 heteroatoms. The molecule has 140 valence electrons. The maximum Gasteiger partial charge on any atom is 0.319 e. The summed E-state index contributed by atoms with van der Waals surface area (Å²) in [6, 6.07) is 14.2. The highest BCUT2D eigenvalue weighted by Gasteiger charge is 2.21. The molecule has 2 aromatic rings. The molecule has 2 N–H and O–H groups in total. The van der Waals surface area contributed by atoms with Gasteiger partial charge in [0.2, 0.25) is 0 Å². The van der Waals surface area contributed by atoms with Gasteiger partial charge < -0.3 is 24.8 Å². The molecule has 0 unspecified atom stereocenters. The second-order valence-electron chi connectivity index (χ2n) is 6.35. The molecule has 0 aromatic heterocycles. The molecule has 26 heavy (non-hydrogen) atoms. The molecule has 0 aliphatic rings. The van der Waals surface area contributed by atoms with Crippen LogP contribution in [0.1, 0.15) is 20.8 Å². The molecule has 0 bridgehead atoms. The van der Waals surface area contributed by atoms with Crippen LogP contribution in [0.5, 0.6) is 17.2 Å². The molecule has 0 saturated carbocycles. The van der Waals surface area contributed by atoms with Crippen molar-refractivity contribution in [3.63, 3.8) is 0 Å². The normalized spacial score (nSPS) is 10.9. The molecule has 2 aromatic carbocycles. The van der Waals surface area contributed by atoms with Crippen molar-refractivity contribution in [2.45, 2.75) is 26.3 Å². The van der Waals surface area contributed by atoms with E-state index in [1.807, 2.05) is 51.1 Å².